The predicted octanol–water partition coefficient (Wildman–Crippen LogP) is 4.18. The molecule has 103 valence electrons. The second kappa shape index (κ2) is 6.46. The van der Waals surface area contributed by atoms with E-state index in [1.807, 2.05) is 62.9 Å². The van der Waals surface area contributed by atoms with Gasteiger partial charge in [-0.15, -0.1) is 6.58 Å². The predicted molar refractivity (Wildman–Crippen MR) is 80.2 cm³/mol. The van der Waals surface area contributed by atoms with Gasteiger partial charge in [0.05, 0.1) is 0 Å². The highest BCUT2D eigenvalue weighted by molar-refractivity contribution is 5.22. The van der Waals surface area contributed by atoms with Gasteiger partial charge in [-0.2, -0.15) is 0 Å². The Morgan fingerprint density at radius 1 is 1.26 bits per heavy atom. The van der Waals surface area contributed by atoms with Crippen LogP contribution in [-0.4, -0.2) is 17.0 Å². The molecule has 0 spiro atoms. The minimum Gasteiger partial charge on any atom is -0.331 e. The Morgan fingerprint density at radius 3 is 2.32 bits per heavy atom. The monoisotopic (exact) mass is 258 g/mol. The highest BCUT2D eigenvalue weighted by atomic mass is 16.3. The van der Waals surface area contributed by atoms with Crippen LogP contribution in [0.5, 0.6) is 0 Å². The van der Waals surface area contributed by atoms with Gasteiger partial charge >= 0.3 is 0 Å². The van der Waals surface area contributed by atoms with Gasteiger partial charge in [0.1, 0.15) is 0 Å². The van der Waals surface area contributed by atoms with Gasteiger partial charge in [0.15, 0.2) is 0 Å². The molecule has 19 heavy (non-hydrogen) atoms. The lowest BCUT2D eigenvalue weighted by Crippen LogP contribution is -2.41. The van der Waals surface area contributed by atoms with E-state index in [1.165, 1.54) is 5.56 Å². The molecule has 1 aromatic carbocycles. The van der Waals surface area contributed by atoms with E-state index in [0.717, 1.165) is 5.57 Å². The van der Waals surface area contributed by atoms with Gasteiger partial charge < -0.3 is 4.90 Å². The topological polar surface area (TPSA) is 23.1 Å². The van der Waals surface area contributed by atoms with E-state index < -0.39 is 0 Å². The van der Waals surface area contributed by atoms with Crippen LogP contribution < -0.4 is 0 Å². The molecular weight excluding hydrogens is 234 g/mol. The summed E-state index contributed by atoms with van der Waals surface area (Å²) in [4.78, 5) is 1.86. The van der Waals surface area contributed by atoms with Gasteiger partial charge in [-0.1, -0.05) is 36.4 Å². The number of allylic oxidation sites excluding steroid dienone is 1. The first-order valence-corrected chi connectivity index (χ1v) is 6.65. The molecule has 0 aliphatic carbocycles. The lowest BCUT2D eigenvalue weighted by atomic mass is 10.0. The number of hydrogen-bond donors (Lipinski definition) is 0. The maximum atomic E-state index is 12.5. The van der Waals surface area contributed by atoms with E-state index in [9.17, 15) is 5.11 Å². The highest BCUT2D eigenvalue weighted by Crippen LogP contribution is 2.22. The maximum absolute atomic E-state index is 12.5. The van der Waals surface area contributed by atoms with Crippen molar-refractivity contribution in [3.63, 3.8) is 0 Å². The van der Waals surface area contributed by atoms with Gasteiger partial charge in [0.2, 0.25) is 5.88 Å². The highest BCUT2D eigenvalue weighted by Gasteiger charge is 2.24. The van der Waals surface area contributed by atoms with E-state index in [2.05, 4.69) is 6.58 Å². The quantitative estimate of drug-likeness (QED) is 0.574. The molecule has 2 nitrogen and oxygen atoms in total. The standard InChI is InChI=1S/C17H24NO/c1-6-12-18(17(3,4)5)16(19)14(2)13-15-10-8-7-9-11-15/h6-11H,1,12-13H2,2-5H3. The molecule has 0 atom stereocenters. The van der Waals surface area contributed by atoms with Crippen molar-refractivity contribution in [1.29, 1.82) is 0 Å². The first kappa shape index (κ1) is 15.4. The summed E-state index contributed by atoms with van der Waals surface area (Å²) in [5, 5.41) is 12.5. The van der Waals surface area contributed by atoms with E-state index in [0.29, 0.717) is 13.0 Å². The second-order valence-corrected chi connectivity index (χ2v) is 5.82. The summed E-state index contributed by atoms with van der Waals surface area (Å²) in [5.74, 6) is 0.108. The fourth-order valence-electron chi connectivity index (χ4n) is 2.00. The second-order valence-electron chi connectivity index (χ2n) is 5.82. The van der Waals surface area contributed by atoms with Gasteiger partial charge in [0.25, 0.3) is 0 Å². The molecule has 0 aliphatic rings. The van der Waals surface area contributed by atoms with Crippen LogP contribution in [0.15, 0.2) is 54.4 Å². The molecular formula is C17H24NO. The van der Waals surface area contributed by atoms with E-state index >= 15 is 0 Å². The molecule has 0 aromatic heterocycles. The molecule has 0 saturated carbocycles. The molecule has 2 heteroatoms. The fraction of sp³-hybridized carbons (Fsp3) is 0.412. The Labute approximate surface area is 117 Å². The summed E-state index contributed by atoms with van der Waals surface area (Å²) in [7, 11) is 0. The number of rotatable bonds is 5. The molecule has 0 heterocycles. The summed E-state index contributed by atoms with van der Waals surface area (Å²) in [6.45, 7) is 12.4. The van der Waals surface area contributed by atoms with Crippen molar-refractivity contribution in [1.82, 2.24) is 4.90 Å². The Bertz CT molecular complexity index is 440. The van der Waals surface area contributed by atoms with Crippen molar-refractivity contribution in [2.75, 3.05) is 6.54 Å². The zero-order chi connectivity index (χ0) is 14.5. The van der Waals surface area contributed by atoms with Crippen molar-refractivity contribution in [2.24, 2.45) is 0 Å². The Morgan fingerprint density at radius 2 is 1.84 bits per heavy atom. The average molecular weight is 258 g/mol. The van der Waals surface area contributed by atoms with Crippen molar-refractivity contribution in [3.8, 4) is 0 Å². The van der Waals surface area contributed by atoms with Crippen LogP contribution >= 0.6 is 0 Å². The maximum Gasteiger partial charge on any atom is 0.246 e. The molecule has 0 fully saturated rings. The molecule has 0 N–H and O–H groups in total. The third-order valence-corrected chi connectivity index (χ3v) is 3.04. The third kappa shape index (κ3) is 4.47. The first-order valence-electron chi connectivity index (χ1n) is 6.65. The van der Waals surface area contributed by atoms with E-state index in [-0.39, 0.29) is 11.4 Å². The number of benzene rings is 1. The minimum absolute atomic E-state index is 0.108. The Kier molecular flexibility index (Phi) is 5.22. The van der Waals surface area contributed by atoms with Crippen LogP contribution in [0.2, 0.25) is 0 Å². The molecule has 0 amide bonds. The zero-order valence-electron chi connectivity index (χ0n) is 12.4. The molecule has 0 aliphatic heterocycles. The molecule has 1 rings (SSSR count). The summed E-state index contributed by atoms with van der Waals surface area (Å²) >= 11 is 0. The summed E-state index contributed by atoms with van der Waals surface area (Å²) in [6, 6.07) is 10.1. The van der Waals surface area contributed by atoms with Crippen LogP contribution in [0.1, 0.15) is 33.3 Å². The molecule has 0 unspecified atom stereocenters. The molecule has 1 radical (unpaired) electrons. The van der Waals surface area contributed by atoms with Gasteiger partial charge in [-0.05, 0) is 45.3 Å². The summed E-state index contributed by atoms with van der Waals surface area (Å²) in [5.41, 5.74) is 1.84. The van der Waals surface area contributed by atoms with Crippen molar-refractivity contribution in [3.05, 3.63) is 60.0 Å². The largest absolute Gasteiger partial charge is 0.331 e. The lowest BCUT2D eigenvalue weighted by Gasteiger charge is -2.35. The number of hydrogen-bond acceptors (Lipinski definition) is 1. The van der Waals surface area contributed by atoms with Crippen LogP contribution in [0, 0.1) is 0 Å². The zero-order valence-corrected chi connectivity index (χ0v) is 12.4. The third-order valence-electron chi connectivity index (χ3n) is 3.04. The first-order chi connectivity index (χ1) is 8.86. The fourth-order valence-corrected chi connectivity index (χ4v) is 2.00. The smallest absolute Gasteiger partial charge is 0.246 e. The minimum atomic E-state index is -0.191. The van der Waals surface area contributed by atoms with Crippen molar-refractivity contribution < 1.29 is 5.11 Å². The van der Waals surface area contributed by atoms with Gasteiger partial charge in [-0.25, -0.2) is 0 Å². The Balaban J connectivity index is 2.95. The normalized spacial score (nSPS) is 12.8. The summed E-state index contributed by atoms with van der Waals surface area (Å²) < 4.78 is 0. The van der Waals surface area contributed by atoms with E-state index in [4.69, 9.17) is 0 Å². The van der Waals surface area contributed by atoms with Crippen LogP contribution in [0.3, 0.4) is 0 Å². The SMILES string of the molecule is C=CCN(C([O])=C(C)Cc1ccccc1)C(C)(C)C. The average Bonchev–Trinajstić information content (AvgIpc) is 2.35. The lowest BCUT2D eigenvalue weighted by molar-refractivity contribution is 0.0811. The number of nitrogens with zero attached hydrogens (tertiary/aromatic N) is 1. The van der Waals surface area contributed by atoms with Crippen molar-refractivity contribution >= 4 is 0 Å². The molecule has 0 bridgehead atoms. The van der Waals surface area contributed by atoms with Gasteiger partial charge in [-0.3, -0.25) is 5.11 Å². The Hall–Kier alpha value is -1.70. The van der Waals surface area contributed by atoms with E-state index in [1.54, 1.807) is 6.08 Å². The molecule has 1 aromatic rings. The van der Waals surface area contributed by atoms with Crippen LogP contribution in [0.4, 0.5) is 0 Å². The van der Waals surface area contributed by atoms with Gasteiger partial charge in [0, 0.05) is 12.1 Å². The van der Waals surface area contributed by atoms with Crippen LogP contribution in [0.25, 0.3) is 0 Å². The van der Waals surface area contributed by atoms with Crippen molar-refractivity contribution in [2.45, 2.75) is 39.7 Å². The van der Waals surface area contributed by atoms with Crippen LogP contribution in [-0.2, 0) is 11.5 Å². The molecule has 0 saturated heterocycles. The summed E-state index contributed by atoms with van der Waals surface area (Å²) in [6.07, 6.45) is 2.47.